The summed E-state index contributed by atoms with van der Waals surface area (Å²) < 4.78 is 2.24. The van der Waals surface area contributed by atoms with Crippen LogP contribution in [-0.4, -0.2) is 19.4 Å². The maximum Gasteiger partial charge on any atom is 2.00 e. The second-order valence-electron chi connectivity index (χ2n) is 8.71. The SMILES string of the molecule is [Pt+2].[c-]1c(CCc2[c-]c3c4ncccc4c4nc5ccccc5n4c3cc2)cccc1-c1ccccn1. The number of aryl methyl sites for hydroxylation is 2. The number of hydrogen-bond acceptors (Lipinski definition) is 3. The summed E-state index contributed by atoms with van der Waals surface area (Å²) in [7, 11) is 0. The normalized spacial score (nSPS) is 11.3. The monoisotopic (exact) mass is 643 g/mol. The Morgan fingerprint density at radius 1 is 0.667 bits per heavy atom. The fraction of sp³-hybridized carbons (Fsp3) is 0.0645. The first-order valence-electron chi connectivity index (χ1n) is 11.8. The van der Waals surface area contributed by atoms with Gasteiger partial charge in [-0.25, -0.2) is 4.98 Å². The summed E-state index contributed by atoms with van der Waals surface area (Å²) in [5.41, 5.74) is 9.33. The Balaban J connectivity index is 0.00000240. The number of hydrogen-bond donors (Lipinski definition) is 0. The van der Waals surface area contributed by atoms with E-state index in [2.05, 4.69) is 76.1 Å². The summed E-state index contributed by atoms with van der Waals surface area (Å²) in [4.78, 5) is 14.1. The molecule has 0 atom stereocenters. The summed E-state index contributed by atoms with van der Waals surface area (Å²) in [6.45, 7) is 0. The van der Waals surface area contributed by atoms with E-state index in [0.29, 0.717) is 0 Å². The van der Waals surface area contributed by atoms with Crippen molar-refractivity contribution < 1.29 is 21.1 Å². The first-order chi connectivity index (χ1) is 17.3. The van der Waals surface area contributed by atoms with Gasteiger partial charge in [0.15, 0.2) is 0 Å². The summed E-state index contributed by atoms with van der Waals surface area (Å²) >= 11 is 0. The van der Waals surface area contributed by atoms with Crippen LogP contribution >= 0.6 is 0 Å². The van der Waals surface area contributed by atoms with Crippen LogP contribution in [-0.2, 0) is 33.9 Å². The Bertz CT molecular complexity index is 1860. The third-order valence-electron chi connectivity index (χ3n) is 6.53. The fourth-order valence-corrected chi connectivity index (χ4v) is 4.88. The molecule has 0 fully saturated rings. The van der Waals surface area contributed by atoms with E-state index in [1.165, 1.54) is 5.56 Å². The van der Waals surface area contributed by atoms with Gasteiger partial charge < -0.3 is 14.4 Å². The number of aromatic nitrogens is 4. The van der Waals surface area contributed by atoms with Gasteiger partial charge in [-0.2, -0.15) is 0 Å². The molecule has 7 rings (SSSR count). The molecule has 4 nitrogen and oxygen atoms in total. The standard InChI is InChI=1S/C31H20N4.Pt/c1-2-12-29-27(11-1)34-31-24-9-6-18-33-30(24)25-20-22(15-16-28(25)35(29)31)14-13-21-7-5-8-23(19-21)26-10-3-4-17-32-26;/h1-12,15-18H,13-14H2;/q-2;+2. The van der Waals surface area contributed by atoms with E-state index in [0.717, 1.165) is 68.1 Å². The third kappa shape index (κ3) is 3.79. The van der Waals surface area contributed by atoms with Crippen molar-refractivity contribution in [1.29, 1.82) is 0 Å². The summed E-state index contributed by atoms with van der Waals surface area (Å²) in [6.07, 6.45) is 5.41. The summed E-state index contributed by atoms with van der Waals surface area (Å²) in [5, 5.41) is 2.07. The predicted octanol–water partition coefficient (Wildman–Crippen LogP) is 6.63. The molecule has 4 heterocycles. The van der Waals surface area contributed by atoms with Crippen LogP contribution in [0, 0.1) is 12.1 Å². The molecule has 0 radical (unpaired) electrons. The number of benzene rings is 3. The van der Waals surface area contributed by atoms with Crippen LogP contribution in [0.1, 0.15) is 11.1 Å². The van der Waals surface area contributed by atoms with Gasteiger partial charge in [0, 0.05) is 23.3 Å². The molecule has 0 N–H and O–H groups in total. The zero-order chi connectivity index (χ0) is 23.2. The van der Waals surface area contributed by atoms with E-state index >= 15 is 0 Å². The molecule has 0 bridgehead atoms. The van der Waals surface area contributed by atoms with Crippen LogP contribution in [0.15, 0.2) is 97.3 Å². The minimum Gasteiger partial charge on any atom is -0.335 e. The molecule has 0 saturated heterocycles. The molecule has 0 aliphatic rings. The molecule has 0 aliphatic carbocycles. The van der Waals surface area contributed by atoms with Gasteiger partial charge in [0.1, 0.15) is 5.65 Å². The van der Waals surface area contributed by atoms with Crippen molar-refractivity contribution in [3.8, 4) is 11.3 Å². The molecule has 0 spiro atoms. The van der Waals surface area contributed by atoms with Crippen molar-refractivity contribution >= 4 is 38.5 Å². The van der Waals surface area contributed by atoms with Crippen molar-refractivity contribution in [2.24, 2.45) is 0 Å². The van der Waals surface area contributed by atoms with Crippen molar-refractivity contribution in [3.63, 3.8) is 0 Å². The quantitative estimate of drug-likeness (QED) is 0.160. The maximum absolute atomic E-state index is 4.92. The van der Waals surface area contributed by atoms with Crippen LogP contribution in [0.25, 0.3) is 49.7 Å². The minimum absolute atomic E-state index is 0. The Labute approximate surface area is 222 Å². The zero-order valence-electron chi connectivity index (χ0n) is 19.3. The Morgan fingerprint density at radius 2 is 1.50 bits per heavy atom. The van der Waals surface area contributed by atoms with Gasteiger partial charge in [0.2, 0.25) is 0 Å². The third-order valence-corrected chi connectivity index (χ3v) is 6.53. The molecule has 174 valence electrons. The molecule has 4 aromatic heterocycles. The van der Waals surface area contributed by atoms with Gasteiger partial charge >= 0.3 is 21.1 Å². The fourth-order valence-electron chi connectivity index (χ4n) is 4.88. The average Bonchev–Trinajstić information content (AvgIpc) is 3.33. The number of para-hydroxylation sites is 2. The number of nitrogens with zero attached hydrogens (tertiary/aromatic N) is 4. The van der Waals surface area contributed by atoms with E-state index < -0.39 is 0 Å². The van der Waals surface area contributed by atoms with Crippen molar-refractivity contribution in [3.05, 3.63) is 121 Å². The molecule has 3 aromatic carbocycles. The smallest absolute Gasteiger partial charge is 0.335 e. The van der Waals surface area contributed by atoms with Gasteiger partial charge in [-0.3, -0.25) is 0 Å². The molecular weight excluding hydrogens is 623 g/mol. The molecule has 36 heavy (non-hydrogen) atoms. The Kier molecular flexibility index (Phi) is 5.83. The van der Waals surface area contributed by atoms with E-state index in [9.17, 15) is 0 Å². The molecule has 5 heteroatoms. The van der Waals surface area contributed by atoms with Gasteiger partial charge in [-0.15, -0.1) is 64.5 Å². The number of rotatable bonds is 4. The summed E-state index contributed by atoms with van der Waals surface area (Å²) in [6, 6.07) is 36.2. The van der Waals surface area contributed by atoms with E-state index in [4.69, 9.17) is 9.97 Å². The van der Waals surface area contributed by atoms with Crippen LogP contribution in [0.5, 0.6) is 0 Å². The first kappa shape index (κ1) is 22.6. The Morgan fingerprint density at radius 3 is 2.39 bits per heavy atom. The van der Waals surface area contributed by atoms with E-state index in [1.807, 2.05) is 42.7 Å². The van der Waals surface area contributed by atoms with Crippen molar-refractivity contribution in [1.82, 2.24) is 19.4 Å². The summed E-state index contributed by atoms with van der Waals surface area (Å²) in [5.74, 6) is 0. The van der Waals surface area contributed by atoms with Crippen LogP contribution in [0.2, 0.25) is 0 Å². The van der Waals surface area contributed by atoms with Gasteiger partial charge in [-0.05, 0) is 48.3 Å². The second kappa shape index (κ2) is 9.29. The molecule has 0 saturated carbocycles. The molecular formula is C31H20N4Pt. The van der Waals surface area contributed by atoms with Crippen LogP contribution in [0.4, 0.5) is 0 Å². The maximum atomic E-state index is 4.92. The van der Waals surface area contributed by atoms with E-state index in [-0.39, 0.29) is 21.1 Å². The Hall–Kier alpha value is -3.88. The van der Waals surface area contributed by atoms with Gasteiger partial charge in [0.05, 0.1) is 11.0 Å². The van der Waals surface area contributed by atoms with Gasteiger partial charge in [0.25, 0.3) is 0 Å². The minimum atomic E-state index is 0. The van der Waals surface area contributed by atoms with Gasteiger partial charge in [-0.1, -0.05) is 30.3 Å². The molecule has 0 unspecified atom stereocenters. The number of imidazole rings is 1. The number of fused-ring (bicyclic) bond motifs is 8. The van der Waals surface area contributed by atoms with E-state index in [1.54, 1.807) is 0 Å². The van der Waals surface area contributed by atoms with Crippen molar-refractivity contribution in [2.75, 3.05) is 0 Å². The topological polar surface area (TPSA) is 43.1 Å². The molecule has 0 aliphatic heterocycles. The molecule has 0 amide bonds. The molecule has 7 aromatic rings. The van der Waals surface area contributed by atoms with Crippen LogP contribution in [0.3, 0.4) is 0 Å². The van der Waals surface area contributed by atoms with Crippen molar-refractivity contribution in [2.45, 2.75) is 12.8 Å². The average molecular weight is 644 g/mol. The first-order valence-corrected chi connectivity index (χ1v) is 11.8. The second-order valence-corrected chi connectivity index (χ2v) is 8.71. The number of pyridine rings is 3. The predicted molar refractivity (Wildman–Crippen MR) is 140 cm³/mol. The largest absolute Gasteiger partial charge is 2.00 e. The zero-order valence-corrected chi connectivity index (χ0v) is 21.5. The van der Waals surface area contributed by atoms with Crippen LogP contribution < -0.4 is 0 Å².